The highest BCUT2D eigenvalue weighted by Gasteiger charge is 2.11. The Kier molecular flexibility index (Phi) is 5.15. The van der Waals surface area contributed by atoms with Gasteiger partial charge in [-0.2, -0.15) is 4.98 Å². The molecule has 1 heterocycles. The van der Waals surface area contributed by atoms with Crippen molar-refractivity contribution in [2.24, 2.45) is 5.92 Å². The molecule has 0 radical (unpaired) electrons. The van der Waals surface area contributed by atoms with Gasteiger partial charge in [-0.3, -0.25) is 0 Å². The van der Waals surface area contributed by atoms with Crippen LogP contribution in [0.25, 0.3) is 0 Å². The summed E-state index contributed by atoms with van der Waals surface area (Å²) in [5.41, 5.74) is 6.56. The van der Waals surface area contributed by atoms with Crippen LogP contribution in [0.2, 0.25) is 0 Å². The van der Waals surface area contributed by atoms with Gasteiger partial charge in [0.1, 0.15) is 5.82 Å². The summed E-state index contributed by atoms with van der Waals surface area (Å²) in [6, 6.07) is 1.95. The zero-order chi connectivity index (χ0) is 12.8. The van der Waals surface area contributed by atoms with Crippen molar-refractivity contribution in [3.05, 3.63) is 11.8 Å². The third-order valence-electron chi connectivity index (χ3n) is 2.33. The number of nitrogen functional groups attached to an aromatic ring is 1. The molecule has 17 heavy (non-hydrogen) atoms. The Labute approximate surface area is 103 Å². The molecule has 0 aromatic carbocycles. The van der Waals surface area contributed by atoms with Crippen LogP contribution in [0.5, 0.6) is 0 Å². The van der Waals surface area contributed by atoms with Crippen LogP contribution in [-0.2, 0) is 4.74 Å². The van der Waals surface area contributed by atoms with Gasteiger partial charge in [-0.05, 0) is 12.8 Å². The first-order valence-corrected chi connectivity index (χ1v) is 5.88. The molecule has 0 atom stereocenters. The largest absolute Gasteiger partial charge is 0.383 e. The molecule has 0 amide bonds. The normalized spacial score (nSPS) is 10.9. The summed E-state index contributed by atoms with van der Waals surface area (Å²) in [7, 11) is 1.70. The van der Waals surface area contributed by atoms with Crippen molar-refractivity contribution in [3.63, 3.8) is 0 Å². The maximum absolute atomic E-state index is 5.68. The Bertz CT molecular complexity index is 334. The zero-order valence-electron chi connectivity index (χ0n) is 11.1. The zero-order valence-corrected chi connectivity index (χ0v) is 11.1. The third kappa shape index (κ3) is 4.56. The number of rotatable bonds is 6. The lowest BCUT2D eigenvalue weighted by molar-refractivity contribution is 0.204. The molecule has 0 saturated carbocycles. The van der Waals surface area contributed by atoms with Crippen LogP contribution in [0.3, 0.4) is 0 Å². The van der Waals surface area contributed by atoms with Crippen LogP contribution in [0, 0.1) is 12.8 Å². The topological polar surface area (TPSA) is 64.3 Å². The number of nitrogens with zero attached hydrogens (tertiary/aromatic N) is 3. The fraction of sp³-hybridized carbons (Fsp3) is 0.667. The van der Waals surface area contributed by atoms with Crippen molar-refractivity contribution >= 4 is 11.8 Å². The molecule has 5 nitrogen and oxygen atoms in total. The van der Waals surface area contributed by atoms with Gasteiger partial charge in [0.25, 0.3) is 0 Å². The van der Waals surface area contributed by atoms with Gasteiger partial charge >= 0.3 is 0 Å². The van der Waals surface area contributed by atoms with Gasteiger partial charge in [-0.1, -0.05) is 13.8 Å². The SMILES string of the molecule is COCCN(CC(C)C)c1cc(C)nc(N)n1. The molecule has 0 saturated heterocycles. The molecular formula is C12H22N4O. The van der Waals surface area contributed by atoms with E-state index in [9.17, 15) is 0 Å². The molecule has 0 spiro atoms. The van der Waals surface area contributed by atoms with Gasteiger partial charge in [0.15, 0.2) is 0 Å². The van der Waals surface area contributed by atoms with Crippen molar-refractivity contribution in [2.75, 3.05) is 37.4 Å². The smallest absolute Gasteiger partial charge is 0.222 e. The summed E-state index contributed by atoms with van der Waals surface area (Å²) in [5.74, 6) is 1.76. The van der Waals surface area contributed by atoms with Crippen LogP contribution in [0.4, 0.5) is 11.8 Å². The number of anilines is 2. The highest BCUT2D eigenvalue weighted by atomic mass is 16.5. The number of aromatic nitrogens is 2. The average molecular weight is 238 g/mol. The van der Waals surface area contributed by atoms with Gasteiger partial charge in [0.05, 0.1) is 6.61 Å². The van der Waals surface area contributed by atoms with Crippen LogP contribution in [0.15, 0.2) is 6.07 Å². The lowest BCUT2D eigenvalue weighted by Crippen LogP contribution is -2.32. The lowest BCUT2D eigenvalue weighted by atomic mass is 10.2. The molecule has 0 fully saturated rings. The number of aryl methyl sites for hydroxylation is 1. The van der Waals surface area contributed by atoms with E-state index < -0.39 is 0 Å². The second-order valence-electron chi connectivity index (χ2n) is 4.56. The average Bonchev–Trinajstić information content (AvgIpc) is 2.22. The fourth-order valence-electron chi connectivity index (χ4n) is 1.68. The van der Waals surface area contributed by atoms with E-state index in [4.69, 9.17) is 10.5 Å². The van der Waals surface area contributed by atoms with Crippen LogP contribution < -0.4 is 10.6 Å². The fourth-order valence-corrected chi connectivity index (χ4v) is 1.68. The number of hydrogen-bond donors (Lipinski definition) is 1. The molecular weight excluding hydrogens is 216 g/mol. The molecule has 96 valence electrons. The standard InChI is InChI=1S/C12H22N4O/c1-9(2)8-16(5-6-17-4)11-7-10(3)14-12(13)15-11/h7,9H,5-6,8H2,1-4H3,(H2,13,14,15). The minimum absolute atomic E-state index is 0.325. The third-order valence-corrected chi connectivity index (χ3v) is 2.33. The number of hydrogen-bond acceptors (Lipinski definition) is 5. The highest BCUT2D eigenvalue weighted by Crippen LogP contribution is 2.15. The molecule has 5 heteroatoms. The van der Waals surface area contributed by atoms with Crippen LogP contribution >= 0.6 is 0 Å². The molecule has 0 aliphatic rings. The monoisotopic (exact) mass is 238 g/mol. The van der Waals surface area contributed by atoms with E-state index in [-0.39, 0.29) is 0 Å². The van der Waals surface area contributed by atoms with Crippen molar-refractivity contribution < 1.29 is 4.74 Å². The predicted molar refractivity (Wildman–Crippen MR) is 70.1 cm³/mol. The maximum atomic E-state index is 5.68. The molecule has 1 rings (SSSR count). The van der Waals surface area contributed by atoms with E-state index in [0.29, 0.717) is 18.5 Å². The van der Waals surface area contributed by atoms with Crippen molar-refractivity contribution in [1.82, 2.24) is 9.97 Å². The predicted octanol–water partition coefficient (Wildman–Crippen LogP) is 1.48. The molecule has 1 aromatic heterocycles. The molecule has 0 aliphatic carbocycles. The van der Waals surface area contributed by atoms with E-state index in [0.717, 1.165) is 24.6 Å². The quantitative estimate of drug-likeness (QED) is 0.813. The van der Waals surface area contributed by atoms with Gasteiger partial charge < -0.3 is 15.4 Å². The summed E-state index contributed by atoms with van der Waals surface area (Å²) in [6.45, 7) is 8.69. The highest BCUT2D eigenvalue weighted by molar-refractivity contribution is 5.43. The minimum Gasteiger partial charge on any atom is -0.383 e. The number of nitrogens with two attached hydrogens (primary N) is 1. The van der Waals surface area contributed by atoms with Gasteiger partial charge in [-0.15, -0.1) is 0 Å². The van der Waals surface area contributed by atoms with Gasteiger partial charge in [0, 0.05) is 32.0 Å². The Morgan fingerprint density at radius 1 is 1.41 bits per heavy atom. The Balaban J connectivity index is 2.86. The van der Waals surface area contributed by atoms with Crippen molar-refractivity contribution in [1.29, 1.82) is 0 Å². The molecule has 0 bridgehead atoms. The van der Waals surface area contributed by atoms with Crippen molar-refractivity contribution in [2.45, 2.75) is 20.8 Å². The first kappa shape index (κ1) is 13.7. The summed E-state index contributed by atoms with van der Waals surface area (Å²) in [5, 5.41) is 0. The molecule has 1 aromatic rings. The summed E-state index contributed by atoms with van der Waals surface area (Å²) in [6.07, 6.45) is 0. The Hall–Kier alpha value is -1.36. The number of ether oxygens (including phenoxy) is 1. The van der Waals surface area contributed by atoms with E-state index in [2.05, 4.69) is 28.7 Å². The lowest BCUT2D eigenvalue weighted by Gasteiger charge is -2.25. The Morgan fingerprint density at radius 3 is 2.65 bits per heavy atom. The maximum Gasteiger partial charge on any atom is 0.222 e. The van der Waals surface area contributed by atoms with Crippen LogP contribution in [-0.4, -0.2) is 36.8 Å². The van der Waals surface area contributed by atoms with Gasteiger partial charge in [-0.25, -0.2) is 4.98 Å². The number of methoxy groups -OCH3 is 1. The molecule has 2 N–H and O–H groups in total. The van der Waals surface area contributed by atoms with E-state index in [1.165, 1.54) is 0 Å². The van der Waals surface area contributed by atoms with Crippen LogP contribution in [0.1, 0.15) is 19.5 Å². The first-order valence-electron chi connectivity index (χ1n) is 5.88. The second kappa shape index (κ2) is 6.39. The molecule has 0 unspecified atom stereocenters. The minimum atomic E-state index is 0.325. The molecule has 0 aliphatic heterocycles. The first-order chi connectivity index (χ1) is 8.02. The summed E-state index contributed by atoms with van der Waals surface area (Å²) < 4.78 is 5.12. The summed E-state index contributed by atoms with van der Waals surface area (Å²) in [4.78, 5) is 10.5. The Morgan fingerprint density at radius 2 is 2.12 bits per heavy atom. The second-order valence-corrected chi connectivity index (χ2v) is 4.56. The van der Waals surface area contributed by atoms with E-state index in [1.54, 1.807) is 7.11 Å². The van der Waals surface area contributed by atoms with Crippen molar-refractivity contribution in [3.8, 4) is 0 Å². The summed E-state index contributed by atoms with van der Waals surface area (Å²) >= 11 is 0. The van der Waals surface area contributed by atoms with E-state index >= 15 is 0 Å². The van der Waals surface area contributed by atoms with Gasteiger partial charge in [0.2, 0.25) is 5.95 Å². The van der Waals surface area contributed by atoms with E-state index in [1.807, 2.05) is 13.0 Å².